The summed E-state index contributed by atoms with van der Waals surface area (Å²) < 4.78 is 24.9. The van der Waals surface area contributed by atoms with Crippen molar-refractivity contribution in [3.63, 3.8) is 0 Å². The van der Waals surface area contributed by atoms with Gasteiger partial charge in [0.05, 0.1) is 30.4 Å². The van der Waals surface area contributed by atoms with Gasteiger partial charge in [0, 0.05) is 47.9 Å². The first-order valence-electron chi connectivity index (χ1n) is 10.8. The van der Waals surface area contributed by atoms with Crippen molar-refractivity contribution in [2.45, 2.75) is 6.42 Å². The number of primary amides is 1. The van der Waals surface area contributed by atoms with Crippen molar-refractivity contribution in [1.29, 1.82) is 0 Å². The second-order valence-corrected chi connectivity index (χ2v) is 8.25. The average Bonchev–Trinajstić information content (AvgIpc) is 2.84. The topological polar surface area (TPSA) is 103 Å². The molecule has 0 radical (unpaired) electrons. The Morgan fingerprint density at radius 3 is 2.79 bits per heavy atom. The number of amides is 1. The highest BCUT2D eigenvalue weighted by atomic mass is 35.5. The van der Waals surface area contributed by atoms with E-state index in [1.165, 1.54) is 18.5 Å². The van der Waals surface area contributed by atoms with Crippen LogP contribution in [-0.4, -0.2) is 60.2 Å². The number of morpholine rings is 1. The first-order chi connectivity index (χ1) is 16.4. The van der Waals surface area contributed by atoms with Gasteiger partial charge in [0.25, 0.3) is 0 Å². The van der Waals surface area contributed by atoms with Crippen LogP contribution in [0.3, 0.4) is 0 Å². The number of halogens is 2. The molecule has 0 unspecified atom stereocenters. The molecule has 0 spiro atoms. The summed E-state index contributed by atoms with van der Waals surface area (Å²) in [6, 6.07) is 7.72. The highest BCUT2D eigenvalue weighted by molar-refractivity contribution is 6.31. The molecule has 1 amide bonds. The number of nitrogens with one attached hydrogen (secondary N) is 1. The Hall–Kier alpha value is -3.27. The standard InChI is InChI=1S/C24H25ClFN5O3/c1-15(23(27)32)17-12-18-21(13-22(17)34-8-2-5-31-6-9-33-10-7-31)28-14-29-24(18)30-16-3-4-20(26)19(25)11-16/h3-4,11-14H,1-2,5-10H2,(H2,27,32)(H,28,29,30). The largest absolute Gasteiger partial charge is 0.493 e. The molecule has 2 heterocycles. The van der Waals surface area contributed by atoms with Crippen LogP contribution in [0.1, 0.15) is 12.0 Å². The number of nitrogens with zero attached hydrogens (tertiary/aromatic N) is 3. The molecule has 0 saturated carbocycles. The fourth-order valence-electron chi connectivity index (χ4n) is 3.68. The zero-order chi connectivity index (χ0) is 24.1. The Morgan fingerprint density at radius 1 is 1.26 bits per heavy atom. The fraction of sp³-hybridized carbons (Fsp3) is 0.292. The number of nitrogens with two attached hydrogens (primary N) is 1. The van der Waals surface area contributed by atoms with Gasteiger partial charge in [-0.25, -0.2) is 14.4 Å². The average molecular weight is 486 g/mol. The molecule has 3 aromatic rings. The molecule has 1 aliphatic heterocycles. The summed E-state index contributed by atoms with van der Waals surface area (Å²) in [5.41, 5.74) is 7.23. The van der Waals surface area contributed by atoms with Gasteiger partial charge in [-0.05, 0) is 30.7 Å². The van der Waals surface area contributed by atoms with Gasteiger partial charge >= 0.3 is 0 Å². The maximum Gasteiger partial charge on any atom is 0.248 e. The van der Waals surface area contributed by atoms with E-state index in [-0.39, 0.29) is 10.6 Å². The predicted octanol–water partition coefficient (Wildman–Crippen LogP) is 3.77. The third-order valence-electron chi connectivity index (χ3n) is 5.52. The van der Waals surface area contributed by atoms with Crippen LogP contribution in [0.2, 0.25) is 5.02 Å². The molecule has 10 heteroatoms. The molecule has 0 bridgehead atoms. The van der Waals surface area contributed by atoms with Crippen molar-refractivity contribution in [2.24, 2.45) is 5.73 Å². The van der Waals surface area contributed by atoms with Crippen LogP contribution >= 0.6 is 11.6 Å². The maximum absolute atomic E-state index is 13.5. The van der Waals surface area contributed by atoms with E-state index in [4.69, 9.17) is 26.8 Å². The Morgan fingerprint density at radius 2 is 2.06 bits per heavy atom. The minimum atomic E-state index is -0.658. The Labute approximate surface area is 201 Å². The van der Waals surface area contributed by atoms with Crippen LogP contribution in [0.15, 0.2) is 43.2 Å². The lowest BCUT2D eigenvalue weighted by Crippen LogP contribution is -2.37. The lowest BCUT2D eigenvalue weighted by Gasteiger charge is -2.26. The van der Waals surface area contributed by atoms with Gasteiger partial charge in [-0.1, -0.05) is 18.2 Å². The lowest BCUT2D eigenvalue weighted by molar-refractivity contribution is -0.112. The van der Waals surface area contributed by atoms with E-state index >= 15 is 0 Å². The number of benzene rings is 2. The van der Waals surface area contributed by atoms with Gasteiger partial charge in [-0.3, -0.25) is 9.69 Å². The molecule has 178 valence electrons. The SMILES string of the molecule is C=C(C(N)=O)c1cc2c(Nc3ccc(F)c(Cl)c3)ncnc2cc1OCCCN1CCOCC1. The third kappa shape index (κ3) is 5.61. The quantitative estimate of drug-likeness (QED) is 0.351. The summed E-state index contributed by atoms with van der Waals surface area (Å²) in [6.07, 6.45) is 2.21. The number of carbonyl (C=O) groups is 1. The molecule has 2 aromatic carbocycles. The van der Waals surface area contributed by atoms with Crippen LogP contribution in [-0.2, 0) is 9.53 Å². The number of hydrogen-bond donors (Lipinski definition) is 2. The molecule has 4 rings (SSSR count). The first kappa shape index (κ1) is 23.9. The minimum Gasteiger partial charge on any atom is -0.493 e. The third-order valence-corrected chi connectivity index (χ3v) is 5.81. The molecule has 1 aliphatic rings. The highest BCUT2D eigenvalue weighted by Gasteiger charge is 2.17. The zero-order valence-corrected chi connectivity index (χ0v) is 19.3. The van der Waals surface area contributed by atoms with Gasteiger partial charge in [-0.15, -0.1) is 0 Å². The van der Waals surface area contributed by atoms with E-state index < -0.39 is 11.7 Å². The number of ether oxygens (including phenoxy) is 2. The van der Waals surface area contributed by atoms with Gasteiger partial charge in [0.15, 0.2) is 0 Å². The van der Waals surface area contributed by atoms with E-state index in [0.717, 1.165) is 39.3 Å². The summed E-state index contributed by atoms with van der Waals surface area (Å²) in [6.45, 7) is 8.48. The van der Waals surface area contributed by atoms with Crippen molar-refractivity contribution < 1.29 is 18.7 Å². The lowest BCUT2D eigenvalue weighted by atomic mass is 10.0. The molecular formula is C24H25ClFN5O3. The summed E-state index contributed by atoms with van der Waals surface area (Å²) in [4.78, 5) is 22.9. The van der Waals surface area contributed by atoms with Gasteiger partial charge in [0.1, 0.15) is 23.7 Å². The molecule has 1 saturated heterocycles. The molecule has 1 fully saturated rings. The van der Waals surface area contributed by atoms with Crippen molar-refractivity contribution in [3.8, 4) is 5.75 Å². The highest BCUT2D eigenvalue weighted by Crippen LogP contribution is 2.33. The van der Waals surface area contributed by atoms with Crippen molar-refractivity contribution in [3.05, 3.63) is 59.6 Å². The summed E-state index contributed by atoms with van der Waals surface area (Å²) in [5.74, 6) is -0.262. The summed E-state index contributed by atoms with van der Waals surface area (Å²) in [5, 5.41) is 3.71. The Bertz CT molecular complexity index is 1220. The van der Waals surface area contributed by atoms with E-state index in [1.807, 2.05) is 0 Å². The molecule has 1 aromatic heterocycles. The van der Waals surface area contributed by atoms with Crippen LogP contribution in [0.4, 0.5) is 15.9 Å². The first-order valence-corrected chi connectivity index (χ1v) is 11.2. The van der Waals surface area contributed by atoms with Crippen molar-refractivity contribution in [2.75, 3.05) is 44.8 Å². The second kappa shape index (κ2) is 10.8. The normalized spacial score (nSPS) is 14.2. The van der Waals surface area contributed by atoms with Crippen molar-refractivity contribution in [1.82, 2.24) is 14.9 Å². The Balaban J connectivity index is 1.59. The van der Waals surface area contributed by atoms with Crippen LogP contribution in [0, 0.1) is 5.82 Å². The van der Waals surface area contributed by atoms with E-state index in [9.17, 15) is 9.18 Å². The van der Waals surface area contributed by atoms with Gasteiger partial charge in [-0.2, -0.15) is 0 Å². The van der Waals surface area contributed by atoms with Gasteiger partial charge < -0.3 is 20.5 Å². The number of hydrogen-bond acceptors (Lipinski definition) is 7. The van der Waals surface area contributed by atoms with Crippen LogP contribution in [0.5, 0.6) is 5.75 Å². The minimum absolute atomic E-state index is 0.0149. The number of anilines is 2. The smallest absolute Gasteiger partial charge is 0.248 e. The monoisotopic (exact) mass is 485 g/mol. The molecular weight excluding hydrogens is 461 g/mol. The predicted molar refractivity (Wildman–Crippen MR) is 130 cm³/mol. The number of carbonyl (C=O) groups excluding carboxylic acids is 1. The zero-order valence-electron chi connectivity index (χ0n) is 18.5. The van der Waals surface area contributed by atoms with Gasteiger partial charge in [0.2, 0.25) is 5.91 Å². The Kier molecular flexibility index (Phi) is 7.56. The molecule has 3 N–H and O–H groups in total. The molecule has 34 heavy (non-hydrogen) atoms. The fourth-order valence-corrected chi connectivity index (χ4v) is 3.86. The number of fused-ring (bicyclic) bond motifs is 1. The van der Waals surface area contributed by atoms with Crippen molar-refractivity contribution >= 4 is 45.5 Å². The number of rotatable bonds is 9. The molecule has 8 nitrogen and oxygen atoms in total. The molecule has 0 atom stereocenters. The maximum atomic E-state index is 13.5. The molecule has 0 aliphatic carbocycles. The van der Waals surface area contributed by atoms with Crippen LogP contribution in [0.25, 0.3) is 16.5 Å². The van der Waals surface area contributed by atoms with Crippen LogP contribution < -0.4 is 15.8 Å². The van der Waals surface area contributed by atoms with E-state index in [2.05, 4.69) is 26.8 Å². The second-order valence-electron chi connectivity index (χ2n) is 7.84. The summed E-state index contributed by atoms with van der Waals surface area (Å²) >= 11 is 5.89. The van der Waals surface area contributed by atoms with E-state index in [0.29, 0.717) is 40.3 Å². The number of aromatic nitrogens is 2. The summed E-state index contributed by atoms with van der Waals surface area (Å²) in [7, 11) is 0. The van der Waals surface area contributed by atoms with E-state index in [1.54, 1.807) is 18.2 Å².